The highest BCUT2D eigenvalue weighted by molar-refractivity contribution is 7.92. The first kappa shape index (κ1) is 18.9. The zero-order valence-corrected chi connectivity index (χ0v) is 15.8. The van der Waals surface area contributed by atoms with Gasteiger partial charge in [0.15, 0.2) is 5.96 Å². The molecule has 7 nitrogen and oxygen atoms in total. The lowest BCUT2D eigenvalue weighted by molar-refractivity contribution is 0.461. The van der Waals surface area contributed by atoms with Crippen LogP contribution in [-0.2, 0) is 30.2 Å². The minimum Gasteiger partial charge on any atom is -0.353 e. The first-order valence-corrected chi connectivity index (χ1v) is 9.76. The van der Waals surface area contributed by atoms with Crippen molar-refractivity contribution in [3.63, 3.8) is 0 Å². The number of aryl methyl sites for hydroxylation is 1. The maximum atomic E-state index is 11.2. The number of hydrogen-bond acceptors (Lipinski definition) is 3. The molecule has 0 aliphatic rings. The highest BCUT2D eigenvalue weighted by Gasteiger charge is 2.08. The summed E-state index contributed by atoms with van der Waals surface area (Å²) in [5, 5.41) is 3.31. The van der Waals surface area contributed by atoms with Gasteiger partial charge in [0.25, 0.3) is 0 Å². The van der Waals surface area contributed by atoms with Crippen LogP contribution in [0.3, 0.4) is 0 Å². The molecule has 0 unspecified atom stereocenters. The van der Waals surface area contributed by atoms with Crippen molar-refractivity contribution in [3.8, 4) is 0 Å². The van der Waals surface area contributed by atoms with Crippen molar-refractivity contribution in [1.82, 2.24) is 14.8 Å². The van der Waals surface area contributed by atoms with Crippen LogP contribution in [-0.4, -0.2) is 44.2 Å². The molecule has 136 valence electrons. The fourth-order valence-electron chi connectivity index (χ4n) is 2.45. The normalized spacial score (nSPS) is 12.1. The van der Waals surface area contributed by atoms with Gasteiger partial charge in [-0.05, 0) is 29.8 Å². The number of guanidine groups is 1. The third kappa shape index (κ3) is 5.82. The summed E-state index contributed by atoms with van der Waals surface area (Å²) < 4.78 is 27.0. The maximum Gasteiger partial charge on any atom is 0.229 e. The zero-order valence-electron chi connectivity index (χ0n) is 15.0. The van der Waals surface area contributed by atoms with E-state index in [0.717, 1.165) is 24.3 Å². The summed E-state index contributed by atoms with van der Waals surface area (Å²) in [5.74, 6) is 0.791. The van der Waals surface area contributed by atoms with Gasteiger partial charge < -0.3 is 14.8 Å². The van der Waals surface area contributed by atoms with E-state index in [4.69, 9.17) is 0 Å². The molecule has 1 aromatic carbocycles. The van der Waals surface area contributed by atoms with Gasteiger partial charge in [-0.2, -0.15) is 0 Å². The number of benzene rings is 1. The third-order valence-corrected chi connectivity index (χ3v) is 4.34. The van der Waals surface area contributed by atoms with E-state index in [-0.39, 0.29) is 0 Å². The third-order valence-electron chi connectivity index (χ3n) is 3.73. The van der Waals surface area contributed by atoms with E-state index in [1.54, 1.807) is 19.2 Å². The quantitative estimate of drug-likeness (QED) is 0.604. The molecule has 2 aromatic rings. The second kappa shape index (κ2) is 8.06. The number of rotatable bonds is 6. The van der Waals surface area contributed by atoms with Gasteiger partial charge in [-0.1, -0.05) is 12.1 Å². The number of nitrogens with one attached hydrogen (secondary N) is 2. The highest BCUT2D eigenvalue weighted by atomic mass is 32.2. The molecule has 1 heterocycles. The van der Waals surface area contributed by atoms with Gasteiger partial charge in [0.05, 0.1) is 12.8 Å². The standard InChI is InChI=1S/C17H25N5O2S/c1-18-17(22(3)13-16-6-5-11-21(16)2)19-12-14-7-9-15(10-8-14)20-25(4,23)24/h5-11,20H,12-13H2,1-4H3,(H,18,19). The van der Waals surface area contributed by atoms with Gasteiger partial charge in [-0.15, -0.1) is 0 Å². The largest absolute Gasteiger partial charge is 0.353 e. The number of hydrogen-bond donors (Lipinski definition) is 2. The van der Waals surface area contributed by atoms with Gasteiger partial charge in [0.1, 0.15) is 0 Å². The van der Waals surface area contributed by atoms with Crippen LogP contribution in [0.5, 0.6) is 0 Å². The number of aromatic nitrogens is 1. The molecular formula is C17H25N5O2S. The van der Waals surface area contributed by atoms with E-state index in [1.165, 1.54) is 5.69 Å². The average Bonchev–Trinajstić information content (AvgIpc) is 2.93. The number of sulfonamides is 1. The molecule has 0 saturated heterocycles. The van der Waals surface area contributed by atoms with Crippen molar-refractivity contribution in [2.75, 3.05) is 25.1 Å². The Balaban J connectivity index is 1.93. The van der Waals surface area contributed by atoms with Crippen LogP contribution in [0.4, 0.5) is 5.69 Å². The number of nitrogens with zero attached hydrogens (tertiary/aromatic N) is 3. The Morgan fingerprint density at radius 1 is 1.24 bits per heavy atom. The maximum absolute atomic E-state index is 11.2. The second-order valence-electron chi connectivity index (χ2n) is 5.94. The Kier molecular flexibility index (Phi) is 6.08. The molecule has 0 amide bonds. The van der Waals surface area contributed by atoms with Crippen LogP contribution < -0.4 is 10.0 Å². The zero-order chi connectivity index (χ0) is 18.4. The van der Waals surface area contributed by atoms with Crippen molar-refractivity contribution in [2.45, 2.75) is 13.1 Å². The monoisotopic (exact) mass is 363 g/mol. The summed E-state index contributed by atoms with van der Waals surface area (Å²) in [4.78, 5) is 6.36. The van der Waals surface area contributed by atoms with Crippen molar-refractivity contribution in [3.05, 3.63) is 53.9 Å². The molecule has 0 saturated carbocycles. The van der Waals surface area contributed by atoms with Gasteiger partial charge in [-0.3, -0.25) is 9.71 Å². The van der Waals surface area contributed by atoms with Crippen LogP contribution in [0.15, 0.2) is 47.6 Å². The molecule has 1 aromatic heterocycles. The molecule has 2 rings (SSSR count). The lowest BCUT2D eigenvalue weighted by Crippen LogP contribution is -2.38. The van der Waals surface area contributed by atoms with Crippen LogP contribution in [0.1, 0.15) is 11.3 Å². The molecule has 0 fully saturated rings. The second-order valence-corrected chi connectivity index (χ2v) is 7.69. The number of aliphatic imine (C=N–C) groups is 1. The molecule has 0 bridgehead atoms. The first-order chi connectivity index (χ1) is 11.8. The Morgan fingerprint density at radius 2 is 1.92 bits per heavy atom. The van der Waals surface area contributed by atoms with Gasteiger partial charge in [0, 0.05) is 45.3 Å². The molecular weight excluding hydrogens is 338 g/mol. The van der Waals surface area contributed by atoms with E-state index in [1.807, 2.05) is 38.5 Å². The van der Waals surface area contributed by atoms with Crippen molar-refractivity contribution < 1.29 is 8.42 Å². The van der Waals surface area contributed by atoms with E-state index in [9.17, 15) is 8.42 Å². The summed E-state index contributed by atoms with van der Waals surface area (Å²) in [7, 11) is 2.51. The molecule has 0 aliphatic heterocycles. The molecule has 0 radical (unpaired) electrons. The molecule has 0 aliphatic carbocycles. The fraction of sp³-hybridized carbons (Fsp3) is 0.353. The first-order valence-electron chi connectivity index (χ1n) is 7.87. The topological polar surface area (TPSA) is 78.7 Å². The van der Waals surface area contributed by atoms with Crippen LogP contribution in [0.25, 0.3) is 0 Å². The van der Waals surface area contributed by atoms with Gasteiger partial charge in [0.2, 0.25) is 10.0 Å². The van der Waals surface area contributed by atoms with Crippen LogP contribution >= 0.6 is 0 Å². The Bertz CT molecular complexity index is 825. The van der Waals surface area contributed by atoms with Gasteiger partial charge in [-0.25, -0.2) is 8.42 Å². The summed E-state index contributed by atoms with van der Waals surface area (Å²) >= 11 is 0. The molecule has 0 atom stereocenters. The van der Waals surface area contributed by atoms with Crippen LogP contribution in [0, 0.1) is 0 Å². The van der Waals surface area contributed by atoms with E-state index >= 15 is 0 Å². The van der Waals surface area contributed by atoms with Crippen LogP contribution in [0.2, 0.25) is 0 Å². The van der Waals surface area contributed by atoms with E-state index < -0.39 is 10.0 Å². The molecule has 2 N–H and O–H groups in total. The highest BCUT2D eigenvalue weighted by Crippen LogP contribution is 2.11. The molecule has 0 spiro atoms. The predicted octanol–water partition coefficient (Wildman–Crippen LogP) is 1.60. The number of anilines is 1. The minimum atomic E-state index is -3.25. The molecule has 8 heteroatoms. The Labute approximate surface area is 149 Å². The summed E-state index contributed by atoms with van der Waals surface area (Å²) in [6.07, 6.45) is 3.15. The van der Waals surface area contributed by atoms with E-state index in [2.05, 4.69) is 30.6 Å². The summed E-state index contributed by atoms with van der Waals surface area (Å²) in [6, 6.07) is 11.3. The lowest BCUT2D eigenvalue weighted by Gasteiger charge is -2.22. The summed E-state index contributed by atoms with van der Waals surface area (Å²) in [6.45, 7) is 1.35. The van der Waals surface area contributed by atoms with Crippen molar-refractivity contribution in [1.29, 1.82) is 0 Å². The lowest BCUT2D eigenvalue weighted by atomic mass is 10.2. The minimum absolute atomic E-state index is 0.552. The molecule has 25 heavy (non-hydrogen) atoms. The van der Waals surface area contributed by atoms with Gasteiger partial charge >= 0.3 is 0 Å². The average molecular weight is 363 g/mol. The fourth-order valence-corrected chi connectivity index (χ4v) is 3.01. The van der Waals surface area contributed by atoms with E-state index in [0.29, 0.717) is 12.2 Å². The smallest absolute Gasteiger partial charge is 0.229 e. The SMILES string of the molecule is CN=C(NCc1ccc(NS(C)(=O)=O)cc1)N(C)Cc1cccn1C. The van der Waals surface area contributed by atoms with Crippen molar-refractivity contribution >= 4 is 21.7 Å². The Hall–Kier alpha value is -2.48. The summed E-state index contributed by atoms with van der Waals surface area (Å²) in [5.41, 5.74) is 2.78. The Morgan fingerprint density at radius 3 is 2.44 bits per heavy atom. The van der Waals surface area contributed by atoms with Crippen molar-refractivity contribution in [2.24, 2.45) is 12.0 Å². The predicted molar refractivity (Wildman–Crippen MR) is 102 cm³/mol.